The third-order valence-corrected chi connectivity index (χ3v) is 5.68. The summed E-state index contributed by atoms with van der Waals surface area (Å²) in [4.78, 5) is 0. The molecule has 0 radical (unpaired) electrons. The Hall–Kier alpha value is -1.68. The number of fused-ring (bicyclic) bond motifs is 1. The van der Waals surface area contributed by atoms with Crippen LogP contribution >= 0.6 is 0 Å². The lowest BCUT2D eigenvalue weighted by atomic mass is 9.65. The summed E-state index contributed by atoms with van der Waals surface area (Å²) in [5.41, 5.74) is 3.04. The Kier molecular flexibility index (Phi) is 4.76. The molecule has 0 saturated heterocycles. The fraction of sp³-hybridized carbons (Fsp3) is 0.619. The molecule has 0 fully saturated rings. The molecule has 1 aromatic rings. The molecule has 0 bridgehead atoms. The highest BCUT2D eigenvalue weighted by atomic mass is 16.7. The predicted molar refractivity (Wildman–Crippen MR) is 98.4 cm³/mol. The Morgan fingerprint density at radius 3 is 2.60 bits per heavy atom. The molecule has 0 amide bonds. The summed E-state index contributed by atoms with van der Waals surface area (Å²) in [6.07, 6.45) is 3.74. The van der Waals surface area contributed by atoms with Crippen molar-refractivity contribution in [1.29, 1.82) is 0 Å². The second kappa shape index (κ2) is 6.56. The zero-order chi connectivity index (χ0) is 18.4. The molecule has 1 aliphatic carbocycles. The van der Waals surface area contributed by atoms with Gasteiger partial charge in [-0.3, -0.25) is 0 Å². The van der Waals surface area contributed by atoms with E-state index in [9.17, 15) is 5.11 Å². The average molecular weight is 346 g/mol. The number of methoxy groups -OCH3 is 1. The van der Waals surface area contributed by atoms with Gasteiger partial charge in [-0.1, -0.05) is 39.3 Å². The topological polar surface area (TPSA) is 47.9 Å². The van der Waals surface area contributed by atoms with Gasteiger partial charge in [-0.15, -0.1) is 0 Å². The third-order valence-electron chi connectivity index (χ3n) is 5.68. The molecule has 1 aliphatic heterocycles. The monoisotopic (exact) mass is 346 g/mol. The third kappa shape index (κ3) is 3.01. The number of hydrogen-bond donors (Lipinski definition) is 1. The van der Waals surface area contributed by atoms with Gasteiger partial charge in [-0.2, -0.15) is 0 Å². The minimum atomic E-state index is -0.645. The summed E-state index contributed by atoms with van der Waals surface area (Å²) in [7, 11) is 1.66. The lowest BCUT2D eigenvalue weighted by molar-refractivity contribution is 0.0439. The maximum Gasteiger partial charge on any atom is 0.231 e. The van der Waals surface area contributed by atoms with E-state index >= 15 is 0 Å². The van der Waals surface area contributed by atoms with Gasteiger partial charge in [0, 0.05) is 17.0 Å². The number of benzene rings is 1. The second-order valence-corrected chi connectivity index (χ2v) is 8.20. The fourth-order valence-corrected chi connectivity index (χ4v) is 4.47. The Morgan fingerprint density at radius 2 is 2.00 bits per heavy atom. The number of aliphatic hydroxyl groups excluding tert-OH is 1. The van der Waals surface area contributed by atoms with E-state index in [4.69, 9.17) is 14.2 Å². The maximum absolute atomic E-state index is 11.4. The quantitative estimate of drug-likeness (QED) is 0.783. The van der Waals surface area contributed by atoms with Crippen LogP contribution in [0.15, 0.2) is 17.7 Å². The normalized spacial score (nSPS) is 22.7. The molecule has 138 valence electrons. The zero-order valence-corrected chi connectivity index (χ0v) is 16.2. The van der Waals surface area contributed by atoms with Gasteiger partial charge in [0.05, 0.1) is 13.2 Å². The van der Waals surface area contributed by atoms with Gasteiger partial charge in [0.1, 0.15) is 5.75 Å². The molecule has 3 rings (SSSR count). The van der Waals surface area contributed by atoms with Crippen LogP contribution in [0.5, 0.6) is 17.2 Å². The number of hydrogen-bond acceptors (Lipinski definition) is 4. The van der Waals surface area contributed by atoms with E-state index in [-0.39, 0.29) is 24.0 Å². The van der Waals surface area contributed by atoms with Gasteiger partial charge in [0.2, 0.25) is 6.79 Å². The Morgan fingerprint density at radius 1 is 1.28 bits per heavy atom. The highest BCUT2D eigenvalue weighted by Gasteiger charge is 2.41. The van der Waals surface area contributed by atoms with E-state index in [1.165, 1.54) is 5.57 Å². The van der Waals surface area contributed by atoms with Crippen molar-refractivity contribution in [1.82, 2.24) is 0 Å². The average Bonchev–Trinajstić information content (AvgIpc) is 2.99. The first-order valence-electron chi connectivity index (χ1n) is 9.13. The van der Waals surface area contributed by atoms with E-state index in [1.807, 2.05) is 6.07 Å². The van der Waals surface area contributed by atoms with Crippen LogP contribution in [0.4, 0.5) is 0 Å². The smallest absolute Gasteiger partial charge is 0.231 e. The molecule has 2 aliphatic rings. The number of allylic oxidation sites excluding steroid dienone is 1. The van der Waals surface area contributed by atoms with Crippen LogP contribution in [-0.4, -0.2) is 19.0 Å². The predicted octanol–water partition coefficient (Wildman–Crippen LogP) is 4.96. The summed E-state index contributed by atoms with van der Waals surface area (Å²) < 4.78 is 17.1. The number of ether oxygens (including phenoxy) is 3. The molecule has 1 N–H and O–H groups in total. The van der Waals surface area contributed by atoms with Gasteiger partial charge in [-0.05, 0) is 37.2 Å². The molecule has 4 nitrogen and oxygen atoms in total. The van der Waals surface area contributed by atoms with Crippen molar-refractivity contribution in [2.24, 2.45) is 11.3 Å². The van der Waals surface area contributed by atoms with Crippen LogP contribution in [0.3, 0.4) is 0 Å². The molecule has 0 aromatic heterocycles. The van der Waals surface area contributed by atoms with Crippen molar-refractivity contribution >= 4 is 0 Å². The highest BCUT2D eigenvalue weighted by molar-refractivity contribution is 5.61. The number of aliphatic hydroxyl groups is 1. The number of rotatable bonds is 4. The van der Waals surface area contributed by atoms with Crippen molar-refractivity contribution in [2.45, 2.75) is 59.5 Å². The Bertz CT molecular complexity index is 688. The standard InChI is InChI=1S/C21H30O4/c1-12(2)16-19(23-6)14(10-15-20(16)25-11-24-15)18(22)17-13(3)8-7-9-21(17,4)5/h8,10,12,17-18,22H,7,9,11H2,1-6H3. The summed E-state index contributed by atoms with van der Waals surface area (Å²) in [5.74, 6) is 2.43. The van der Waals surface area contributed by atoms with Crippen molar-refractivity contribution in [3.63, 3.8) is 0 Å². The molecule has 2 atom stereocenters. The van der Waals surface area contributed by atoms with Crippen LogP contribution in [0, 0.1) is 11.3 Å². The van der Waals surface area contributed by atoms with Crippen LogP contribution in [0.25, 0.3) is 0 Å². The molecule has 0 spiro atoms. The molecule has 0 saturated carbocycles. The van der Waals surface area contributed by atoms with Gasteiger partial charge < -0.3 is 19.3 Å². The van der Waals surface area contributed by atoms with Crippen LogP contribution < -0.4 is 14.2 Å². The summed E-state index contributed by atoms with van der Waals surface area (Å²) >= 11 is 0. The SMILES string of the molecule is COc1c(C(O)C2C(C)=CCCC2(C)C)cc2c(c1C(C)C)OCO2. The van der Waals surface area contributed by atoms with Gasteiger partial charge >= 0.3 is 0 Å². The molecule has 25 heavy (non-hydrogen) atoms. The second-order valence-electron chi connectivity index (χ2n) is 8.20. The van der Waals surface area contributed by atoms with Gasteiger partial charge in [0.15, 0.2) is 11.5 Å². The molecule has 2 unspecified atom stereocenters. The Labute approximate surface area is 150 Å². The van der Waals surface area contributed by atoms with Gasteiger partial charge in [-0.25, -0.2) is 0 Å². The zero-order valence-electron chi connectivity index (χ0n) is 16.2. The van der Waals surface area contributed by atoms with Crippen LogP contribution in [0.2, 0.25) is 0 Å². The largest absolute Gasteiger partial charge is 0.496 e. The van der Waals surface area contributed by atoms with E-state index < -0.39 is 6.10 Å². The molecule has 1 aromatic carbocycles. The highest BCUT2D eigenvalue weighted by Crippen LogP contribution is 2.53. The molecule has 1 heterocycles. The summed E-state index contributed by atoms with van der Waals surface area (Å²) in [6.45, 7) is 11.0. The van der Waals surface area contributed by atoms with Crippen molar-refractivity contribution in [3.8, 4) is 17.2 Å². The van der Waals surface area contributed by atoms with Crippen molar-refractivity contribution in [2.75, 3.05) is 13.9 Å². The first kappa shape index (κ1) is 18.1. The summed E-state index contributed by atoms with van der Waals surface area (Å²) in [6, 6.07) is 1.90. The van der Waals surface area contributed by atoms with E-state index in [2.05, 4.69) is 40.7 Å². The minimum Gasteiger partial charge on any atom is -0.496 e. The molecular formula is C21H30O4. The van der Waals surface area contributed by atoms with E-state index in [1.54, 1.807) is 7.11 Å². The van der Waals surface area contributed by atoms with Crippen LogP contribution in [-0.2, 0) is 0 Å². The van der Waals surface area contributed by atoms with E-state index in [0.717, 1.165) is 35.5 Å². The first-order chi connectivity index (χ1) is 11.8. The minimum absolute atomic E-state index is 0.0254. The summed E-state index contributed by atoms with van der Waals surface area (Å²) in [5, 5.41) is 11.4. The molecular weight excluding hydrogens is 316 g/mol. The lowest BCUT2D eigenvalue weighted by Crippen LogP contribution is -2.33. The fourth-order valence-electron chi connectivity index (χ4n) is 4.47. The van der Waals surface area contributed by atoms with Crippen LogP contribution in [0.1, 0.15) is 70.6 Å². The first-order valence-corrected chi connectivity index (χ1v) is 9.13. The van der Waals surface area contributed by atoms with Crippen molar-refractivity contribution < 1.29 is 19.3 Å². The Balaban J connectivity index is 2.15. The maximum atomic E-state index is 11.4. The lowest BCUT2D eigenvalue weighted by Gasteiger charge is -2.41. The van der Waals surface area contributed by atoms with Crippen molar-refractivity contribution in [3.05, 3.63) is 28.8 Å². The van der Waals surface area contributed by atoms with E-state index in [0.29, 0.717) is 5.75 Å². The molecule has 4 heteroatoms. The van der Waals surface area contributed by atoms with Gasteiger partial charge in [0.25, 0.3) is 0 Å².